The molecule has 1 rings (SSSR count). The van der Waals surface area contributed by atoms with Crippen LogP contribution in [-0.2, 0) is 14.9 Å². The van der Waals surface area contributed by atoms with Crippen molar-refractivity contribution < 1.29 is 17.9 Å². The number of nitrogens with zero attached hydrogens (tertiary/aromatic N) is 2. The van der Waals surface area contributed by atoms with Crippen LogP contribution in [0.3, 0.4) is 0 Å². The number of hydrogen-bond acceptors (Lipinski definition) is 6. The topological polar surface area (TPSA) is 105 Å². The van der Waals surface area contributed by atoms with Gasteiger partial charge in [0.05, 0.1) is 17.1 Å². The minimum atomic E-state index is -3.88. The summed E-state index contributed by atoms with van der Waals surface area (Å²) < 4.78 is 31.7. The Morgan fingerprint density at radius 2 is 1.86 bits per heavy atom. The predicted octanol–water partition coefficient (Wildman–Crippen LogP) is -0.340. The third-order valence-corrected chi connectivity index (χ3v) is 5.43. The van der Waals surface area contributed by atoms with Gasteiger partial charge in [0.1, 0.15) is 0 Å². The molecule has 3 N–H and O–H groups in total. The number of piperazine rings is 1. The molecule has 0 aromatic carbocycles. The van der Waals surface area contributed by atoms with Gasteiger partial charge in [-0.3, -0.25) is 4.90 Å². The van der Waals surface area contributed by atoms with Crippen LogP contribution in [0.15, 0.2) is 0 Å². The van der Waals surface area contributed by atoms with Crippen LogP contribution in [0, 0.1) is 0 Å². The first-order valence-electron chi connectivity index (χ1n) is 6.61. The molecule has 1 saturated heterocycles. The van der Waals surface area contributed by atoms with Crippen molar-refractivity contribution in [3.05, 3.63) is 0 Å². The Labute approximate surface area is 130 Å². The summed E-state index contributed by atoms with van der Waals surface area (Å²) in [5, 5.41) is 0. The van der Waals surface area contributed by atoms with E-state index in [4.69, 9.17) is 18.0 Å². The standard InChI is InChI=1S/C11H22N4O4S2/c1-4-19-10(16)13-21(17,18)15-7-5-14(6-8-15)11(2,3)9(12)20/h4-8H2,1-3H3,(H2,12,20)(H,13,16). The van der Waals surface area contributed by atoms with Crippen molar-refractivity contribution in [2.24, 2.45) is 5.73 Å². The number of ether oxygens (including phenoxy) is 1. The van der Waals surface area contributed by atoms with Crippen molar-refractivity contribution in [2.45, 2.75) is 26.3 Å². The molecule has 1 amide bonds. The second kappa shape index (κ2) is 6.86. The van der Waals surface area contributed by atoms with Gasteiger partial charge in [0.25, 0.3) is 0 Å². The first-order chi connectivity index (χ1) is 9.61. The normalized spacial score (nSPS) is 18.2. The summed E-state index contributed by atoms with van der Waals surface area (Å²) in [5.41, 5.74) is 5.23. The highest BCUT2D eigenvalue weighted by Crippen LogP contribution is 2.18. The van der Waals surface area contributed by atoms with Crippen molar-refractivity contribution in [3.63, 3.8) is 0 Å². The zero-order valence-electron chi connectivity index (χ0n) is 12.5. The minimum Gasteiger partial charge on any atom is -0.449 e. The van der Waals surface area contributed by atoms with Crippen molar-refractivity contribution >= 4 is 33.5 Å². The molecule has 1 heterocycles. The molecule has 1 aliphatic heterocycles. The van der Waals surface area contributed by atoms with E-state index in [1.54, 1.807) is 6.92 Å². The van der Waals surface area contributed by atoms with E-state index in [0.29, 0.717) is 18.1 Å². The Kier molecular flexibility index (Phi) is 5.91. The highest BCUT2D eigenvalue weighted by Gasteiger charge is 2.35. The number of hydrogen-bond donors (Lipinski definition) is 2. The van der Waals surface area contributed by atoms with Gasteiger partial charge in [-0.2, -0.15) is 12.7 Å². The Morgan fingerprint density at radius 3 is 2.29 bits per heavy atom. The Bertz CT molecular complexity index is 498. The molecule has 0 bridgehead atoms. The highest BCUT2D eigenvalue weighted by atomic mass is 32.2. The summed E-state index contributed by atoms with van der Waals surface area (Å²) in [6, 6.07) is 0. The first-order valence-corrected chi connectivity index (χ1v) is 8.45. The fraction of sp³-hybridized carbons (Fsp3) is 0.818. The molecule has 122 valence electrons. The third kappa shape index (κ3) is 4.50. The number of carbonyl (C=O) groups excluding carboxylic acids is 1. The number of rotatable bonds is 5. The van der Waals surface area contributed by atoms with E-state index < -0.39 is 21.8 Å². The van der Waals surface area contributed by atoms with Gasteiger partial charge >= 0.3 is 16.3 Å². The third-order valence-electron chi connectivity index (χ3n) is 3.46. The molecule has 21 heavy (non-hydrogen) atoms. The van der Waals surface area contributed by atoms with E-state index in [0.717, 1.165) is 0 Å². The maximum absolute atomic E-state index is 12.0. The molecule has 0 aromatic heterocycles. The predicted molar refractivity (Wildman–Crippen MR) is 83.1 cm³/mol. The maximum atomic E-state index is 12.0. The van der Waals surface area contributed by atoms with Gasteiger partial charge in [0.2, 0.25) is 0 Å². The molecule has 8 nitrogen and oxygen atoms in total. The molecule has 0 saturated carbocycles. The summed E-state index contributed by atoms with van der Waals surface area (Å²) >= 11 is 5.03. The van der Waals surface area contributed by atoms with Gasteiger partial charge in [-0.05, 0) is 20.8 Å². The van der Waals surface area contributed by atoms with Gasteiger partial charge in [-0.15, -0.1) is 0 Å². The summed E-state index contributed by atoms with van der Waals surface area (Å²) in [6.07, 6.45) is -0.969. The lowest BCUT2D eigenvalue weighted by atomic mass is 10.0. The molecule has 0 spiro atoms. The Balaban J connectivity index is 2.64. The second-order valence-corrected chi connectivity index (χ2v) is 7.25. The maximum Gasteiger partial charge on any atom is 0.421 e. The van der Waals surface area contributed by atoms with Crippen LogP contribution in [0.1, 0.15) is 20.8 Å². The number of amides is 1. The minimum absolute atomic E-state index is 0.108. The van der Waals surface area contributed by atoms with Crippen LogP contribution in [0.5, 0.6) is 0 Å². The van der Waals surface area contributed by atoms with E-state index in [1.165, 1.54) is 4.31 Å². The smallest absolute Gasteiger partial charge is 0.421 e. The summed E-state index contributed by atoms with van der Waals surface area (Å²) in [7, 11) is -3.88. The number of carbonyl (C=O) groups is 1. The van der Waals surface area contributed by atoms with Crippen LogP contribution >= 0.6 is 12.2 Å². The Morgan fingerprint density at radius 1 is 1.33 bits per heavy atom. The lowest BCUT2D eigenvalue weighted by molar-refractivity contribution is 0.122. The first kappa shape index (κ1) is 18.1. The van der Waals surface area contributed by atoms with Crippen LogP contribution in [0.25, 0.3) is 0 Å². The number of nitrogens with one attached hydrogen (secondary N) is 1. The van der Waals surface area contributed by atoms with Crippen LogP contribution in [0.2, 0.25) is 0 Å². The van der Waals surface area contributed by atoms with E-state index in [1.807, 2.05) is 23.5 Å². The van der Waals surface area contributed by atoms with Crippen molar-refractivity contribution in [1.29, 1.82) is 0 Å². The largest absolute Gasteiger partial charge is 0.449 e. The molecule has 0 radical (unpaired) electrons. The molecular weight excluding hydrogens is 316 g/mol. The average Bonchev–Trinajstić information content (AvgIpc) is 2.38. The second-order valence-electron chi connectivity index (χ2n) is 5.14. The molecule has 0 unspecified atom stereocenters. The zero-order valence-corrected chi connectivity index (χ0v) is 14.1. The van der Waals surface area contributed by atoms with Gasteiger partial charge < -0.3 is 10.5 Å². The van der Waals surface area contributed by atoms with E-state index >= 15 is 0 Å². The monoisotopic (exact) mass is 338 g/mol. The molecule has 10 heteroatoms. The molecule has 0 atom stereocenters. The molecule has 1 fully saturated rings. The average molecular weight is 338 g/mol. The van der Waals surface area contributed by atoms with Crippen LogP contribution in [0.4, 0.5) is 4.79 Å². The van der Waals surface area contributed by atoms with Crippen LogP contribution in [-0.4, -0.2) is 67.0 Å². The number of nitrogens with two attached hydrogens (primary N) is 1. The van der Waals surface area contributed by atoms with Crippen LogP contribution < -0.4 is 10.5 Å². The number of thiocarbonyl (C=S) groups is 1. The van der Waals surface area contributed by atoms with E-state index in [-0.39, 0.29) is 19.7 Å². The fourth-order valence-corrected chi connectivity index (χ4v) is 3.15. The lowest BCUT2D eigenvalue weighted by Crippen LogP contribution is -2.61. The highest BCUT2D eigenvalue weighted by molar-refractivity contribution is 7.87. The lowest BCUT2D eigenvalue weighted by Gasteiger charge is -2.42. The van der Waals surface area contributed by atoms with E-state index in [2.05, 4.69) is 4.74 Å². The molecule has 0 aliphatic carbocycles. The van der Waals surface area contributed by atoms with Crippen molar-refractivity contribution in [3.8, 4) is 0 Å². The molecule has 0 aromatic rings. The molecule has 1 aliphatic rings. The van der Waals surface area contributed by atoms with Crippen molar-refractivity contribution in [1.82, 2.24) is 13.9 Å². The summed E-state index contributed by atoms with van der Waals surface area (Å²) in [5.74, 6) is 0. The summed E-state index contributed by atoms with van der Waals surface area (Å²) in [6.45, 7) is 6.97. The zero-order chi connectivity index (χ0) is 16.3. The molecular formula is C11H22N4O4S2. The van der Waals surface area contributed by atoms with Gasteiger partial charge in [0, 0.05) is 26.2 Å². The summed E-state index contributed by atoms with van der Waals surface area (Å²) in [4.78, 5) is 13.6. The van der Waals surface area contributed by atoms with E-state index in [9.17, 15) is 13.2 Å². The van der Waals surface area contributed by atoms with Gasteiger partial charge in [0.15, 0.2) is 0 Å². The van der Waals surface area contributed by atoms with Gasteiger partial charge in [-0.1, -0.05) is 12.2 Å². The fourth-order valence-electron chi connectivity index (χ4n) is 1.97. The van der Waals surface area contributed by atoms with Gasteiger partial charge in [-0.25, -0.2) is 9.52 Å². The SMILES string of the molecule is CCOC(=O)NS(=O)(=O)N1CCN(C(C)(C)C(N)=S)CC1. The van der Waals surface area contributed by atoms with Crippen molar-refractivity contribution in [2.75, 3.05) is 32.8 Å². The Hall–Kier alpha value is -0.970. The quantitative estimate of drug-likeness (QED) is 0.661.